The normalized spacial score (nSPS) is 18.6. The Morgan fingerprint density at radius 2 is 2.40 bits per heavy atom. The molecule has 0 saturated carbocycles. The molecule has 7 heteroatoms. The Labute approximate surface area is 117 Å². The second-order valence-electron chi connectivity index (χ2n) is 4.54. The molecule has 1 saturated heterocycles. The number of nitrogen functional groups attached to an aromatic ring is 1. The van der Waals surface area contributed by atoms with Crippen LogP contribution in [0.5, 0.6) is 0 Å². The molecular formula is C13H18N4O3. The second kappa shape index (κ2) is 5.77. The molecule has 2 rings (SSSR count). The van der Waals surface area contributed by atoms with Crippen LogP contribution in [0.25, 0.3) is 0 Å². The first kappa shape index (κ1) is 14.1. The molecular weight excluding hydrogens is 260 g/mol. The highest BCUT2D eigenvalue weighted by molar-refractivity contribution is 5.97. The molecule has 0 bridgehead atoms. The van der Waals surface area contributed by atoms with Crippen LogP contribution >= 0.6 is 0 Å². The lowest BCUT2D eigenvalue weighted by atomic mass is 10.1. The topological polar surface area (TPSA) is 97.5 Å². The van der Waals surface area contributed by atoms with Crippen molar-refractivity contribution < 1.29 is 14.3 Å². The van der Waals surface area contributed by atoms with Gasteiger partial charge in [0.05, 0.1) is 19.0 Å². The molecule has 1 aromatic heterocycles. The maximum absolute atomic E-state index is 11.9. The number of esters is 1. The van der Waals surface area contributed by atoms with Crippen molar-refractivity contribution in [2.24, 2.45) is 0 Å². The van der Waals surface area contributed by atoms with E-state index < -0.39 is 5.97 Å². The van der Waals surface area contributed by atoms with Gasteiger partial charge in [0.2, 0.25) is 5.91 Å². The quantitative estimate of drug-likeness (QED) is 0.765. The predicted octanol–water partition coefficient (Wildman–Crippen LogP) is 0.165. The molecule has 1 amide bonds. The maximum atomic E-state index is 11.9. The number of rotatable bonds is 3. The average Bonchev–Trinajstić information content (AvgIpc) is 2.46. The van der Waals surface area contributed by atoms with Gasteiger partial charge in [0.15, 0.2) is 0 Å². The fourth-order valence-electron chi connectivity index (χ4n) is 2.34. The van der Waals surface area contributed by atoms with Gasteiger partial charge < -0.3 is 20.7 Å². The van der Waals surface area contributed by atoms with Gasteiger partial charge in [-0.25, -0.2) is 9.78 Å². The van der Waals surface area contributed by atoms with Gasteiger partial charge in [-0.2, -0.15) is 0 Å². The Bertz CT molecular complexity index is 532. The molecule has 2 heterocycles. The molecule has 0 spiro atoms. The highest BCUT2D eigenvalue weighted by Gasteiger charge is 2.31. The van der Waals surface area contributed by atoms with E-state index in [9.17, 15) is 9.59 Å². The molecule has 20 heavy (non-hydrogen) atoms. The third-order valence-electron chi connectivity index (χ3n) is 3.28. The largest absolute Gasteiger partial charge is 0.465 e. The molecule has 1 aliphatic rings. The fraction of sp³-hybridized carbons (Fsp3) is 0.462. The molecule has 0 aliphatic carbocycles. The number of aromatic nitrogens is 1. The van der Waals surface area contributed by atoms with Crippen molar-refractivity contribution in [3.8, 4) is 0 Å². The van der Waals surface area contributed by atoms with E-state index in [1.165, 1.54) is 19.4 Å². The number of ether oxygens (including phenoxy) is 1. The highest BCUT2D eigenvalue weighted by atomic mass is 16.5. The predicted molar refractivity (Wildman–Crippen MR) is 74.4 cm³/mol. The molecule has 1 atom stereocenters. The Kier molecular flexibility index (Phi) is 4.07. The van der Waals surface area contributed by atoms with Gasteiger partial charge in [-0.05, 0) is 12.5 Å². The van der Waals surface area contributed by atoms with Crippen molar-refractivity contribution in [3.63, 3.8) is 0 Å². The Morgan fingerprint density at radius 1 is 1.65 bits per heavy atom. The number of carbonyl (C=O) groups excluding carboxylic acids is 2. The number of nitrogens with one attached hydrogen (secondary N) is 1. The summed E-state index contributed by atoms with van der Waals surface area (Å²) < 4.78 is 4.76. The summed E-state index contributed by atoms with van der Waals surface area (Å²) in [5, 5.41) is 2.81. The third kappa shape index (κ3) is 2.52. The number of carbonyl (C=O) groups is 2. The summed E-state index contributed by atoms with van der Waals surface area (Å²) in [5.74, 6) is -0.137. The summed E-state index contributed by atoms with van der Waals surface area (Å²) in [6.45, 7) is 3.02. The molecule has 1 unspecified atom stereocenters. The van der Waals surface area contributed by atoms with E-state index in [0.717, 1.165) is 0 Å². The highest BCUT2D eigenvalue weighted by Crippen LogP contribution is 2.24. The summed E-state index contributed by atoms with van der Waals surface area (Å²) in [6.07, 6.45) is 2.10. The van der Waals surface area contributed by atoms with Crippen LogP contribution < -0.4 is 16.0 Å². The molecule has 108 valence electrons. The van der Waals surface area contributed by atoms with E-state index >= 15 is 0 Å². The van der Waals surface area contributed by atoms with Crippen LogP contribution in [-0.2, 0) is 9.53 Å². The molecule has 7 nitrogen and oxygen atoms in total. The number of nitrogens with two attached hydrogens (primary N) is 1. The van der Waals surface area contributed by atoms with Crippen molar-refractivity contribution in [2.45, 2.75) is 19.4 Å². The first-order valence-electron chi connectivity index (χ1n) is 6.46. The van der Waals surface area contributed by atoms with E-state index in [1.54, 1.807) is 0 Å². The van der Waals surface area contributed by atoms with Crippen LogP contribution in [0.1, 0.15) is 23.7 Å². The maximum Gasteiger partial charge on any atom is 0.341 e. The molecule has 0 aromatic carbocycles. The Balaban J connectivity index is 2.45. The minimum absolute atomic E-state index is 0.0619. The summed E-state index contributed by atoms with van der Waals surface area (Å²) in [6, 6.07) is 1.18. The number of piperazine rings is 1. The van der Waals surface area contributed by atoms with E-state index in [2.05, 4.69) is 10.3 Å². The Hall–Kier alpha value is -2.31. The SMILES string of the molecule is CCC1C(=O)NCCN1c1ncc(N)cc1C(=O)OC. The molecule has 0 radical (unpaired) electrons. The zero-order valence-electron chi connectivity index (χ0n) is 11.5. The van der Waals surface area contributed by atoms with Crippen LogP contribution in [0.2, 0.25) is 0 Å². The van der Waals surface area contributed by atoms with Gasteiger partial charge in [-0.1, -0.05) is 6.92 Å². The zero-order valence-corrected chi connectivity index (χ0v) is 11.5. The van der Waals surface area contributed by atoms with E-state index in [4.69, 9.17) is 10.5 Å². The summed E-state index contributed by atoms with van der Waals surface area (Å²) in [7, 11) is 1.30. The van der Waals surface area contributed by atoms with Crippen molar-refractivity contribution >= 4 is 23.4 Å². The van der Waals surface area contributed by atoms with Gasteiger partial charge >= 0.3 is 5.97 Å². The third-order valence-corrected chi connectivity index (χ3v) is 3.28. The Morgan fingerprint density at radius 3 is 3.05 bits per heavy atom. The fourth-order valence-corrected chi connectivity index (χ4v) is 2.34. The van der Waals surface area contributed by atoms with Gasteiger partial charge in [0.25, 0.3) is 0 Å². The number of anilines is 2. The molecule has 1 aromatic rings. The van der Waals surface area contributed by atoms with Crippen molar-refractivity contribution in [3.05, 3.63) is 17.8 Å². The number of methoxy groups -OCH3 is 1. The summed E-state index contributed by atoms with van der Waals surface area (Å²) >= 11 is 0. The summed E-state index contributed by atoms with van der Waals surface area (Å²) in [5.41, 5.74) is 6.33. The first-order valence-corrected chi connectivity index (χ1v) is 6.46. The monoisotopic (exact) mass is 278 g/mol. The summed E-state index contributed by atoms with van der Waals surface area (Å²) in [4.78, 5) is 29.8. The van der Waals surface area contributed by atoms with Crippen molar-refractivity contribution in [1.82, 2.24) is 10.3 Å². The van der Waals surface area contributed by atoms with Gasteiger partial charge in [-0.15, -0.1) is 0 Å². The van der Waals surface area contributed by atoms with E-state index in [1.807, 2.05) is 11.8 Å². The molecule has 3 N–H and O–H groups in total. The number of amides is 1. The van der Waals surface area contributed by atoms with Gasteiger partial charge in [0, 0.05) is 13.1 Å². The van der Waals surface area contributed by atoms with Gasteiger partial charge in [0.1, 0.15) is 17.4 Å². The number of hydrogen-bond donors (Lipinski definition) is 2. The van der Waals surface area contributed by atoms with E-state index in [-0.39, 0.29) is 17.5 Å². The molecule has 1 fully saturated rings. The van der Waals surface area contributed by atoms with Crippen LogP contribution in [0.15, 0.2) is 12.3 Å². The van der Waals surface area contributed by atoms with E-state index in [0.29, 0.717) is 31.0 Å². The minimum atomic E-state index is -0.513. The number of hydrogen-bond acceptors (Lipinski definition) is 6. The average molecular weight is 278 g/mol. The number of nitrogens with zero attached hydrogens (tertiary/aromatic N) is 2. The van der Waals surface area contributed by atoms with Gasteiger partial charge in [-0.3, -0.25) is 4.79 Å². The zero-order chi connectivity index (χ0) is 14.7. The lowest BCUT2D eigenvalue weighted by Gasteiger charge is -2.36. The van der Waals surface area contributed by atoms with Crippen LogP contribution in [0.3, 0.4) is 0 Å². The van der Waals surface area contributed by atoms with Crippen molar-refractivity contribution in [1.29, 1.82) is 0 Å². The lowest BCUT2D eigenvalue weighted by molar-refractivity contribution is -0.123. The lowest BCUT2D eigenvalue weighted by Crippen LogP contribution is -2.55. The molecule has 1 aliphatic heterocycles. The number of pyridine rings is 1. The first-order chi connectivity index (χ1) is 9.58. The second-order valence-corrected chi connectivity index (χ2v) is 4.54. The standard InChI is InChI=1S/C13H18N4O3/c1-3-10-12(18)15-4-5-17(10)11-9(13(19)20-2)6-8(14)7-16-11/h6-7,10H,3-5,14H2,1-2H3,(H,15,18). The van der Waals surface area contributed by atoms with Crippen LogP contribution in [0.4, 0.5) is 11.5 Å². The van der Waals surface area contributed by atoms with Crippen molar-refractivity contribution in [2.75, 3.05) is 30.8 Å². The smallest absolute Gasteiger partial charge is 0.341 e. The van der Waals surface area contributed by atoms with Crippen LogP contribution in [-0.4, -0.2) is 43.1 Å². The minimum Gasteiger partial charge on any atom is -0.465 e. The van der Waals surface area contributed by atoms with Crippen LogP contribution in [0, 0.1) is 0 Å².